The van der Waals surface area contributed by atoms with Gasteiger partial charge in [-0.1, -0.05) is 19.9 Å². The summed E-state index contributed by atoms with van der Waals surface area (Å²) >= 11 is 0. The van der Waals surface area contributed by atoms with Gasteiger partial charge < -0.3 is 9.47 Å². The van der Waals surface area contributed by atoms with E-state index in [-0.39, 0.29) is 6.61 Å². The van der Waals surface area contributed by atoms with Gasteiger partial charge in [-0.3, -0.25) is 9.59 Å². The van der Waals surface area contributed by atoms with Gasteiger partial charge in [0.05, 0.1) is 13.2 Å². The molecule has 0 aromatic rings. The van der Waals surface area contributed by atoms with Crippen molar-refractivity contribution < 1.29 is 19.1 Å². The van der Waals surface area contributed by atoms with E-state index in [0.717, 1.165) is 6.42 Å². The van der Waals surface area contributed by atoms with Crippen molar-refractivity contribution in [2.24, 2.45) is 11.8 Å². The van der Waals surface area contributed by atoms with Crippen molar-refractivity contribution in [3.63, 3.8) is 0 Å². The van der Waals surface area contributed by atoms with Crippen LogP contribution in [0.25, 0.3) is 0 Å². The summed E-state index contributed by atoms with van der Waals surface area (Å²) in [6, 6.07) is 0. The zero-order valence-corrected chi connectivity index (χ0v) is 11.6. The largest absolute Gasteiger partial charge is 0.465 e. The summed E-state index contributed by atoms with van der Waals surface area (Å²) in [5, 5.41) is 0. The third-order valence-corrected chi connectivity index (χ3v) is 2.45. The van der Waals surface area contributed by atoms with Crippen LogP contribution in [0.5, 0.6) is 0 Å². The van der Waals surface area contributed by atoms with Crippen molar-refractivity contribution in [2.45, 2.75) is 40.0 Å². The molecule has 4 heteroatoms. The zero-order valence-electron chi connectivity index (χ0n) is 11.6. The van der Waals surface area contributed by atoms with E-state index in [2.05, 4.69) is 6.58 Å². The lowest BCUT2D eigenvalue weighted by Gasteiger charge is -2.14. The number of allylic oxidation sites excluding steroid dienone is 1. The van der Waals surface area contributed by atoms with E-state index in [4.69, 9.17) is 9.47 Å². The van der Waals surface area contributed by atoms with Crippen LogP contribution < -0.4 is 0 Å². The Balaban J connectivity index is 4.30. The lowest BCUT2D eigenvalue weighted by atomic mass is 10.0. The van der Waals surface area contributed by atoms with Crippen LogP contribution in [0, 0.1) is 11.8 Å². The number of esters is 2. The molecule has 0 fully saturated rings. The number of hydrogen-bond donors (Lipinski definition) is 0. The summed E-state index contributed by atoms with van der Waals surface area (Å²) < 4.78 is 9.98. The van der Waals surface area contributed by atoms with E-state index >= 15 is 0 Å². The zero-order chi connectivity index (χ0) is 14.0. The van der Waals surface area contributed by atoms with Gasteiger partial charge >= 0.3 is 11.9 Å². The van der Waals surface area contributed by atoms with Gasteiger partial charge in [0, 0.05) is 0 Å². The molecule has 104 valence electrons. The van der Waals surface area contributed by atoms with Gasteiger partial charge in [-0.25, -0.2) is 0 Å². The predicted octanol–water partition coefficient (Wildman–Crippen LogP) is 2.72. The smallest absolute Gasteiger partial charge is 0.320 e. The molecule has 0 aliphatic heterocycles. The highest BCUT2D eigenvalue weighted by molar-refractivity contribution is 5.94. The second-order valence-electron chi connectivity index (χ2n) is 4.52. The number of hydrogen-bond acceptors (Lipinski definition) is 4. The highest BCUT2D eigenvalue weighted by Gasteiger charge is 2.28. The normalized spacial score (nSPS) is 12.0. The lowest BCUT2D eigenvalue weighted by molar-refractivity contribution is -0.162. The summed E-state index contributed by atoms with van der Waals surface area (Å²) in [6.45, 7) is 10.0. The van der Waals surface area contributed by atoms with Gasteiger partial charge in [-0.05, 0) is 32.1 Å². The maximum atomic E-state index is 11.8. The van der Waals surface area contributed by atoms with Crippen LogP contribution in [-0.4, -0.2) is 25.2 Å². The molecule has 0 N–H and O–H groups in total. The minimum absolute atomic E-state index is 0.267. The van der Waals surface area contributed by atoms with E-state index in [0.29, 0.717) is 25.4 Å². The standard InChI is InChI=1S/C14H24O4/c1-5-7-8-12(13(15)17-6-2)14(16)18-10-9-11(3)4/h5,11-12H,1,6-10H2,2-4H3. The van der Waals surface area contributed by atoms with Gasteiger partial charge in [-0.2, -0.15) is 0 Å². The number of ether oxygens (including phenoxy) is 2. The van der Waals surface area contributed by atoms with E-state index in [1.807, 2.05) is 13.8 Å². The van der Waals surface area contributed by atoms with Gasteiger partial charge in [0.25, 0.3) is 0 Å². The molecule has 0 spiro atoms. The minimum atomic E-state index is -0.824. The lowest BCUT2D eigenvalue weighted by Crippen LogP contribution is -2.28. The molecule has 1 unspecified atom stereocenters. The topological polar surface area (TPSA) is 52.6 Å². The van der Waals surface area contributed by atoms with Gasteiger partial charge in [0.1, 0.15) is 0 Å². The molecule has 0 saturated heterocycles. The highest BCUT2D eigenvalue weighted by Crippen LogP contribution is 2.12. The Morgan fingerprint density at radius 1 is 1.17 bits per heavy atom. The first-order valence-electron chi connectivity index (χ1n) is 6.47. The molecule has 0 aliphatic carbocycles. The maximum absolute atomic E-state index is 11.8. The quantitative estimate of drug-likeness (QED) is 0.361. The molecule has 0 bridgehead atoms. The van der Waals surface area contributed by atoms with E-state index < -0.39 is 17.9 Å². The average molecular weight is 256 g/mol. The molecular formula is C14H24O4. The molecule has 0 radical (unpaired) electrons. The molecule has 0 amide bonds. The Morgan fingerprint density at radius 3 is 2.28 bits per heavy atom. The summed E-state index contributed by atoms with van der Waals surface area (Å²) in [7, 11) is 0. The third-order valence-electron chi connectivity index (χ3n) is 2.45. The molecule has 0 saturated carbocycles. The van der Waals surface area contributed by atoms with Crippen molar-refractivity contribution in [1.29, 1.82) is 0 Å². The van der Waals surface area contributed by atoms with Crippen molar-refractivity contribution in [2.75, 3.05) is 13.2 Å². The van der Waals surface area contributed by atoms with Crippen molar-refractivity contribution >= 4 is 11.9 Å². The number of carbonyl (C=O) groups excluding carboxylic acids is 2. The van der Waals surface area contributed by atoms with Crippen LogP contribution in [0.3, 0.4) is 0 Å². The molecule has 18 heavy (non-hydrogen) atoms. The average Bonchev–Trinajstić information content (AvgIpc) is 2.29. The molecular weight excluding hydrogens is 232 g/mol. The molecule has 0 rings (SSSR count). The molecule has 0 aromatic carbocycles. The second kappa shape index (κ2) is 9.68. The van der Waals surface area contributed by atoms with Crippen LogP contribution in [0.2, 0.25) is 0 Å². The van der Waals surface area contributed by atoms with Crippen molar-refractivity contribution in [3.05, 3.63) is 12.7 Å². The fraction of sp³-hybridized carbons (Fsp3) is 0.714. The van der Waals surface area contributed by atoms with Crippen LogP contribution in [0.1, 0.15) is 40.0 Å². The van der Waals surface area contributed by atoms with Crippen LogP contribution >= 0.6 is 0 Å². The second-order valence-corrected chi connectivity index (χ2v) is 4.52. The van der Waals surface area contributed by atoms with Crippen molar-refractivity contribution in [3.8, 4) is 0 Å². The monoisotopic (exact) mass is 256 g/mol. The van der Waals surface area contributed by atoms with Crippen LogP contribution in [0.4, 0.5) is 0 Å². The summed E-state index contributed by atoms with van der Waals surface area (Å²) in [5.41, 5.74) is 0. The van der Waals surface area contributed by atoms with Crippen LogP contribution in [-0.2, 0) is 19.1 Å². The molecule has 0 aliphatic rings. The third kappa shape index (κ3) is 7.09. The first-order valence-corrected chi connectivity index (χ1v) is 6.47. The fourth-order valence-corrected chi connectivity index (χ4v) is 1.36. The molecule has 0 heterocycles. The number of carbonyl (C=O) groups is 2. The van der Waals surface area contributed by atoms with E-state index in [9.17, 15) is 9.59 Å². The van der Waals surface area contributed by atoms with Crippen LogP contribution in [0.15, 0.2) is 12.7 Å². The highest BCUT2D eigenvalue weighted by atomic mass is 16.6. The first kappa shape index (κ1) is 16.7. The number of rotatable bonds is 9. The Labute approximate surface area is 109 Å². The molecule has 4 nitrogen and oxygen atoms in total. The van der Waals surface area contributed by atoms with Crippen molar-refractivity contribution in [1.82, 2.24) is 0 Å². The minimum Gasteiger partial charge on any atom is -0.465 e. The summed E-state index contributed by atoms with van der Waals surface area (Å²) in [5.74, 6) is -1.35. The van der Waals surface area contributed by atoms with Gasteiger partial charge in [0.15, 0.2) is 5.92 Å². The summed E-state index contributed by atoms with van der Waals surface area (Å²) in [4.78, 5) is 23.4. The van der Waals surface area contributed by atoms with E-state index in [1.54, 1.807) is 13.0 Å². The maximum Gasteiger partial charge on any atom is 0.320 e. The Hall–Kier alpha value is -1.32. The van der Waals surface area contributed by atoms with E-state index in [1.165, 1.54) is 0 Å². The Bertz CT molecular complexity index is 271. The SMILES string of the molecule is C=CCCC(C(=O)OCC)C(=O)OCCC(C)C. The Morgan fingerprint density at radius 2 is 1.78 bits per heavy atom. The Kier molecular flexibility index (Phi) is 8.97. The van der Waals surface area contributed by atoms with Gasteiger partial charge in [0.2, 0.25) is 0 Å². The predicted molar refractivity (Wildman–Crippen MR) is 70.0 cm³/mol. The molecule has 0 aromatic heterocycles. The molecule has 1 atom stereocenters. The fourth-order valence-electron chi connectivity index (χ4n) is 1.36. The van der Waals surface area contributed by atoms with Gasteiger partial charge in [-0.15, -0.1) is 6.58 Å². The first-order chi connectivity index (χ1) is 8.52. The summed E-state index contributed by atoms with van der Waals surface area (Å²) in [6.07, 6.45) is 3.45.